The zero-order valence-electron chi connectivity index (χ0n) is 8.25. The highest BCUT2D eigenvalue weighted by Gasteiger charge is 2.33. The van der Waals surface area contributed by atoms with Gasteiger partial charge in [-0.2, -0.15) is 0 Å². The van der Waals surface area contributed by atoms with E-state index < -0.39 is 27.2 Å². The van der Waals surface area contributed by atoms with Crippen LogP contribution in [0.1, 0.15) is 5.56 Å². The third-order valence-electron chi connectivity index (χ3n) is 1.60. The van der Waals surface area contributed by atoms with Crippen molar-refractivity contribution in [2.75, 3.05) is 0 Å². The average Bonchev–Trinajstić information content (AvgIpc) is 2.07. The predicted octanol–water partition coefficient (Wildman–Crippen LogP) is 1.54. The van der Waals surface area contributed by atoms with E-state index in [-0.39, 0.29) is 9.26 Å². The summed E-state index contributed by atoms with van der Waals surface area (Å²) in [7, 11) is -4.06. The molecule has 0 aromatic carbocycles. The maximum absolute atomic E-state index is 12.0. The van der Waals surface area contributed by atoms with Gasteiger partial charge in [0.2, 0.25) is 0 Å². The highest BCUT2D eigenvalue weighted by atomic mass is 127. The molecule has 0 spiro atoms. The van der Waals surface area contributed by atoms with E-state index in [0.29, 0.717) is 0 Å². The monoisotopic (exact) mass is 382 g/mol. The lowest BCUT2D eigenvalue weighted by atomic mass is 10.3. The van der Waals surface area contributed by atoms with E-state index in [9.17, 15) is 21.6 Å². The van der Waals surface area contributed by atoms with Crippen molar-refractivity contribution in [1.29, 1.82) is 0 Å². The lowest BCUT2D eigenvalue weighted by Gasteiger charge is -2.13. The number of hydrogen-bond acceptors (Lipinski definition) is 4. The van der Waals surface area contributed by atoms with Gasteiger partial charge in [-0.3, -0.25) is 0 Å². The topological polar surface area (TPSA) is 82.3 Å². The Morgan fingerprint density at radius 2 is 2.00 bits per heavy atom. The van der Waals surface area contributed by atoms with Gasteiger partial charge >= 0.3 is 6.36 Å². The molecule has 2 N–H and O–H groups in total. The molecule has 0 aliphatic heterocycles. The number of aryl methyl sites for hydroxylation is 1. The van der Waals surface area contributed by atoms with Gasteiger partial charge in [-0.25, -0.2) is 18.5 Å². The molecule has 0 aliphatic carbocycles. The summed E-state index contributed by atoms with van der Waals surface area (Å²) in [4.78, 5) is 3.44. The highest BCUT2D eigenvalue weighted by molar-refractivity contribution is 14.1. The Hall–Kier alpha value is -0.620. The van der Waals surface area contributed by atoms with Crippen molar-refractivity contribution in [2.45, 2.75) is 18.3 Å². The summed E-state index contributed by atoms with van der Waals surface area (Å²) in [6, 6.07) is 0.915. The van der Waals surface area contributed by atoms with Gasteiger partial charge in [-0.15, -0.1) is 13.2 Å². The second-order valence-electron chi connectivity index (χ2n) is 2.99. The van der Waals surface area contributed by atoms with Gasteiger partial charge in [0, 0.05) is 0 Å². The molecule has 1 heterocycles. The molecule has 0 saturated carbocycles. The first-order valence-electron chi connectivity index (χ1n) is 3.96. The number of halogens is 4. The summed E-state index contributed by atoms with van der Waals surface area (Å²) in [5, 5.41) is 4.31. The molecule has 0 fully saturated rings. The minimum Gasteiger partial charge on any atom is -0.403 e. The number of ether oxygens (including phenoxy) is 1. The van der Waals surface area contributed by atoms with Crippen molar-refractivity contribution in [3.05, 3.63) is 15.3 Å². The molecule has 96 valence electrons. The number of primary sulfonamides is 1. The molecule has 1 aromatic heterocycles. The Bertz CT molecular complexity index is 521. The van der Waals surface area contributed by atoms with Crippen LogP contribution in [0.4, 0.5) is 13.2 Å². The molecule has 5 nitrogen and oxygen atoms in total. The summed E-state index contributed by atoms with van der Waals surface area (Å²) in [6.45, 7) is 1.26. The van der Waals surface area contributed by atoms with E-state index in [1.807, 2.05) is 0 Å². The number of sulfonamides is 1. The molecule has 1 rings (SSSR count). The minimum absolute atomic E-state index is 0.0225. The first-order chi connectivity index (χ1) is 7.50. The van der Waals surface area contributed by atoms with Crippen LogP contribution in [0.3, 0.4) is 0 Å². The van der Waals surface area contributed by atoms with Gasteiger partial charge in [-0.1, -0.05) is 0 Å². The van der Waals surface area contributed by atoms with Gasteiger partial charge < -0.3 is 4.74 Å². The number of nitrogens with two attached hydrogens (primary N) is 1. The van der Waals surface area contributed by atoms with E-state index in [4.69, 9.17) is 5.14 Å². The number of alkyl halides is 3. The molecule has 17 heavy (non-hydrogen) atoms. The van der Waals surface area contributed by atoms with Crippen LogP contribution < -0.4 is 9.88 Å². The van der Waals surface area contributed by atoms with Crippen LogP contribution in [0.2, 0.25) is 0 Å². The smallest absolute Gasteiger partial charge is 0.403 e. The summed E-state index contributed by atoms with van der Waals surface area (Å²) in [5.41, 5.74) is -0.0225. The summed E-state index contributed by atoms with van der Waals surface area (Å²) >= 11 is 1.44. The lowest BCUT2D eigenvalue weighted by molar-refractivity contribution is -0.275. The third-order valence-corrected chi connectivity index (χ3v) is 3.13. The zero-order valence-corrected chi connectivity index (χ0v) is 11.2. The molecular formula is C7H6F3IN2O3S. The summed E-state index contributed by atoms with van der Waals surface area (Å²) in [6.07, 6.45) is -4.87. The quantitative estimate of drug-likeness (QED) is 0.622. The lowest BCUT2D eigenvalue weighted by Crippen LogP contribution is -2.20. The van der Waals surface area contributed by atoms with Gasteiger partial charge in [-0.05, 0) is 41.1 Å². The molecule has 0 atom stereocenters. The van der Waals surface area contributed by atoms with E-state index in [2.05, 4.69) is 9.72 Å². The van der Waals surface area contributed by atoms with Gasteiger partial charge in [0.05, 0.1) is 0 Å². The summed E-state index contributed by atoms with van der Waals surface area (Å²) in [5.74, 6) is -0.537. The fourth-order valence-electron chi connectivity index (χ4n) is 0.977. The fourth-order valence-corrected chi connectivity index (χ4v) is 2.50. The van der Waals surface area contributed by atoms with Crippen LogP contribution in [0.15, 0.2) is 11.1 Å². The minimum atomic E-state index is -4.87. The Morgan fingerprint density at radius 3 is 2.35 bits per heavy atom. The number of hydrogen-bond donors (Lipinski definition) is 1. The van der Waals surface area contributed by atoms with Crippen LogP contribution >= 0.6 is 22.6 Å². The number of pyridine rings is 1. The molecule has 0 unspecified atom stereocenters. The maximum Gasteiger partial charge on any atom is 0.573 e. The molecule has 0 amide bonds. The third kappa shape index (κ3) is 3.96. The van der Waals surface area contributed by atoms with E-state index in [0.717, 1.165) is 6.07 Å². The number of rotatable bonds is 2. The van der Waals surface area contributed by atoms with Crippen LogP contribution in [0.5, 0.6) is 5.75 Å². The van der Waals surface area contributed by atoms with Crippen molar-refractivity contribution in [3.8, 4) is 5.75 Å². The van der Waals surface area contributed by atoms with Crippen LogP contribution in [-0.2, 0) is 10.0 Å². The van der Waals surface area contributed by atoms with Crippen molar-refractivity contribution in [1.82, 2.24) is 4.98 Å². The molecule has 0 radical (unpaired) electrons. The van der Waals surface area contributed by atoms with E-state index >= 15 is 0 Å². The molecule has 0 aliphatic rings. The predicted molar refractivity (Wildman–Crippen MR) is 59.7 cm³/mol. The van der Waals surface area contributed by atoms with Crippen molar-refractivity contribution >= 4 is 32.6 Å². The Morgan fingerprint density at radius 1 is 1.47 bits per heavy atom. The normalized spacial score (nSPS) is 12.6. The second-order valence-corrected chi connectivity index (χ2v) is 5.52. The van der Waals surface area contributed by atoms with Gasteiger partial charge in [0.1, 0.15) is 3.70 Å². The number of nitrogens with zero attached hydrogens (tertiary/aromatic N) is 1. The fraction of sp³-hybridized carbons (Fsp3) is 0.286. The van der Waals surface area contributed by atoms with Gasteiger partial charge in [0.25, 0.3) is 10.0 Å². The summed E-state index contributed by atoms with van der Waals surface area (Å²) < 4.78 is 61.6. The molecule has 1 aromatic rings. The Labute approximate surface area is 108 Å². The Balaban J connectivity index is 3.30. The van der Waals surface area contributed by atoms with Crippen LogP contribution in [0, 0.1) is 10.6 Å². The molecular weight excluding hydrogens is 376 g/mol. The van der Waals surface area contributed by atoms with Gasteiger partial charge in [0.15, 0.2) is 10.8 Å². The number of aromatic nitrogens is 1. The highest BCUT2D eigenvalue weighted by Crippen LogP contribution is 2.30. The van der Waals surface area contributed by atoms with Crippen LogP contribution in [0.25, 0.3) is 0 Å². The second kappa shape index (κ2) is 4.57. The van der Waals surface area contributed by atoms with Crippen molar-refractivity contribution < 1.29 is 26.3 Å². The first-order valence-corrected chi connectivity index (χ1v) is 6.59. The zero-order chi connectivity index (χ0) is 13.4. The molecule has 0 saturated heterocycles. The maximum atomic E-state index is 12.0. The largest absolute Gasteiger partial charge is 0.573 e. The van der Waals surface area contributed by atoms with Crippen molar-refractivity contribution in [3.63, 3.8) is 0 Å². The SMILES string of the molecule is Cc1cc(S(N)(=O)=O)nc(I)c1OC(F)(F)F. The van der Waals surface area contributed by atoms with E-state index in [1.54, 1.807) is 0 Å². The Kier molecular flexibility index (Phi) is 3.88. The van der Waals surface area contributed by atoms with Crippen molar-refractivity contribution in [2.24, 2.45) is 5.14 Å². The molecule has 0 bridgehead atoms. The molecule has 10 heteroatoms. The standard InChI is InChI=1S/C7H6F3IN2O3S/c1-3-2-4(17(12,14)15)13-6(11)5(3)16-7(8,9)10/h2H,1H3,(H2,12,14,15). The van der Waals surface area contributed by atoms with E-state index in [1.165, 1.54) is 29.5 Å². The average molecular weight is 382 g/mol. The van der Waals surface area contributed by atoms with Crippen LogP contribution in [-0.4, -0.2) is 19.8 Å². The first kappa shape index (κ1) is 14.4.